The smallest absolute Gasteiger partial charge is 0.148 e. The third-order valence-electron chi connectivity index (χ3n) is 1.42. The predicted molar refractivity (Wildman–Crippen MR) is 41.6 cm³/mol. The van der Waals surface area contributed by atoms with Gasteiger partial charge >= 0.3 is 0 Å². The van der Waals surface area contributed by atoms with Gasteiger partial charge in [-0.1, -0.05) is 6.92 Å². The number of nitrogens with zero attached hydrogens (tertiary/aromatic N) is 2. The first-order valence-electron chi connectivity index (χ1n) is 3.40. The molecule has 0 atom stereocenters. The Kier molecular flexibility index (Phi) is 2.15. The summed E-state index contributed by atoms with van der Waals surface area (Å²) in [7, 11) is 0. The summed E-state index contributed by atoms with van der Waals surface area (Å²) < 4.78 is 1.42. The molecule has 0 aliphatic heterocycles. The highest BCUT2D eigenvalue weighted by molar-refractivity contribution is 5.53. The first-order valence-corrected chi connectivity index (χ1v) is 3.40. The van der Waals surface area contributed by atoms with E-state index in [1.807, 2.05) is 6.92 Å². The number of nitrogens with one attached hydrogen (secondary N) is 2. The van der Waals surface area contributed by atoms with E-state index in [-0.39, 0.29) is 5.49 Å². The summed E-state index contributed by atoms with van der Waals surface area (Å²) in [6, 6.07) is 0. The molecular formula is C7H10N4. The Morgan fingerprint density at radius 3 is 3.00 bits per heavy atom. The van der Waals surface area contributed by atoms with E-state index in [1.165, 1.54) is 10.8 Å². The lowest BCUT2D eigenvalue weighted by molar-refractivity contribution is 0.893. The van der Waals surface area contributed by atoms with E-state index in [0.717, 1.165) is 18.5 Å². The highest BCUT2D eigenvalue weighted by Crippen LogP contribution is 1.88. The SMILES string of the molecule is CCc1cn(C=N)c(=N)cn1. The lowest BCUT2D eigenvalue weighted by Crippen LogP contribution is -2.19. The molecule has 0 fully saturated rings. The maximum absolute atomic E-state index is 7.29. The molecule has 1 rings (SSSR count). The van der Waals surface area contributed by atoms with Gasteiger partial charge in [0.25, 0.3) is 0 Å². The average molecular weight is 150 g/mol. The maximum atomic E-state index is 7.29. The van der Waals surface area contributed by atoms with Gasteiger partial charge in [0.1, 0.15) is 5.49 Å². The standard InChI is InChI=1S/C7H10N4/c1-2-6-4-11(5-8)7(9)3-10-6/h3-5,8-9H,2H2,1H3. The molecule has 0 aliphatic rings. The Bertz CT molecular complexity index is 312. The molecular weight excluding hydrogens is 140 g/mol. The van der Waals surface area contributed by atoms with Crippen LogP contribution in [0.3, 0.4) is 0 Å². The Morgan fingerprint density at radius 1 is 1.73 bits per heavy atom. The van der Waals surface area contributed by atoms with Crippen molar-refractivity contribution in [1.29, 1.82) is 10.8 Å². The van der Waals surface area contributed by atoms with Gasteiger partial charge in [-0.15, -0.1) is 0 Å². The lowest BCUT2D eigenvalue weighted by atomic mass is 10.3. The molecule has 0 radical (unpaired) electrons. The zero-order valence-corrected chi connectivity index (χ0v) is 6.33. The summed E-state index contributed by atoms with van der Waals surface area (Å²) in [6.45, 7) is 1.99. The Balaban J connectivity index is 3.23. The van der Waals surface area contributed by atoms with Gasteiger partial charge in [0, 0.05) is 6.20 Å². The number of rotatable bonds is 2. The van der Waals surface area contributed by atoms with Crippen LogP contribution in [0, 0.1) is 10.8 Å². The van der Waals surface area contributed by atoms with Crippen molar-refractivity contribution in [3.05, 3.63) is 23.6 Å². The molecule has 0 bridgehead atoms. The van der Waals surface area contributed by atoms with Crippen molar-refractivity contribution in [2.45, 2.75) is 13.3 Å². The molecule has 1 heterocycles. The lowest BCUT2D eigenvalue weighted by Gasteiger charge is -1.99. The summed E-state index contributed by atoms with van der Waals surface area (Å²) in [6.07, 6.45) is 5.07. The van der Waals surface area contributed by atoms with Crippen LogP contribution in [0.5, 0.6) is 0 Å². The van der Waals surface area contributed by atoms with Crippen LogP contribution >= 0.6 is 0 Å². The van der Waals surface area contributed by atoms with Gasteiger partial charge in [-0.05, 0) is 6.42 Å². The molecule has 1 aromatic rings. The van der Waals surface area contributed by atoms with Gasteiger partial charge in [-0.2, -0.15) is 0 Å². The molecule has 0 saturated heterocycles. The normalized spacial score (nSPS) is 9.55. The van der Waals surface area contributed by atoms with Crippen molar-refractivity contribution in [3.8, 4) is 0 Å². The first kappa shape index (κ1) is 7.65. The maximum Gasteiger partial charge on any atom is 0.148 e. The molecule has 11 heavy (non-hydrogen) atoms. The Morgan fingerprint density at radius 2 is 2.45 bits per heavy atom. The number of aromatic nitrogens is 2. The minimum Gasteiger partial charge on any atom is -0.291 e. The van der Waals surface area contributed by atoms with Gasteiger partial charge in [0.15, 0.2) is 0 Å². The summed E-state index contributed by atoms with van der Waals surface area (Å²) in [4.78, 5) is 3.99. The molecule has 4 nitrogen and oxygen atoms in total. The highest BCUT2D eigenvalue weighted by Gasteiger charge is 1.91. The summed E-state index contributed by atoms with van der Waals surface area (Å²) in [5, 5.41) is 14.2. The van der Waals surface area contributed by atoms with Gasteiger partial charge in [0.2, 0.25) is 0 Å². The Labute approximate surface area is 64.5 Å². The Hall–Kier alpha value is -1.45. The molecule has 58 valence electrons. The van der Waals surface area contributed by atoms with Crippen molar-refractivity contribution in [2.75, 3.05) is 0 Å². The molecule has 0 aliphatic carbocycles. The second-order valence-electron chi connectivity index (χ2n) is 2.15. The molecule has 4 heteroatoms. The largest absolute Gasteiger partial charge is 0.291 e. The van der Waals surface area contributed by atoms with Crippen molar-refractivity contribution in [2.24, 2.45) is 0 Å². The van der Waals surface area contributed by atoms with Crippen LogP contribution in [0.1, 0.15) is 12.6 Å². The predicted octanol–water partition coefficient (Wildman–Crippen LogP) is 0.380. The third kappa shape index (κ3) is 1.52. The topological polar surface area (TPSA) is 65.5 Å². The van der Waals surface area contributed by atoms with Crippen molar-refractivity contribution < 1.29 is 0 Å². The van der Waals surface area contributed by atoms with Crippen molar-refractivity contribution in [3.63, 3.8) is 0 Å². The monoisotopic (exact) mass is 150 g/mol. The van der Waals surface area contributed by atoms with E-state index in [1.54, 1.807) is 6.20 Å². The van der Waals surface area contributed by atoms with E-state index in [2.05, 4.69) is 4.98 Å². The summed E-state index contributed by atoms with van der Waals surface area (Å²) in [5.41, 5.74) is 1.13. The van der Waals surface area contributed by atoms with Crippen LogP contribution in [0.4, 0.5) is 0 Å². The van der Waals surface area contributed by atoms with Crippen molar-refractivity contribution >= 4 is 6.34 Å². The van der Waals surface area contributed by atoms with E-state index in [0.29, 0.717) is 0 Å². The van der Waals surface area contributed by atoms with Gasteiger partial charge in [-0.25, -0.2) is 0 Å². The van der Waals surface area contributed by atoms with Gasteiger partial charge < -0.3 is 0 Å². The average Bonchev–Trinajstić information content (AvgIpc) is 2.05. The first-order chi connectivity index (χ1) is 5.27. The van der Waals surface area contributed by atoms with Crippen molar-refractivity contribution in [1.82, 2.24) is 9.55 Å². The molecule has 0 amide bonds. The van der Waals surface area contributed by atoms with E-state index in [4.69, 9.17) is 10.8 Å². The fraction of sp³-hybridized carbons (Fsp3) is 0.286. The van der Waals surface area contributed by atoms with Crippen LogP contribution in [0.15, 0.2) is 12.4 Å². The number of hydrogen-bond acceptors (Lipinski definition) is 3. The third-order valence-corrected chi connectivity index (χ3v) is 1.42. The summed E-state index contributed by atoms with van der Waals surface area (Å²) >= 11 is 0. The zero-order chi connectivity index (χ0) is 8.27. The minimum absolute atomic E-state index is 0.234. The minimum atomic E-state index is 0.234. The van der Waals surface area contributed by atoms with Gasteiger partial charge in [-0.3, -0.25) is 20.4 Å². The van der Waals surface area contributed by atoms with Crippen LogP contribution in [0.25, 0.3) is 0 Å². The molecule has 0 unspecified atom stereocenters. The molecule has 1 aromatic heterocycles. The highest BCUT2D eigenvalue weighted by atomic mass is 15.0. The van der Waals surface area contributed by atoms with Gasteiger partial charge in [0.05, 0.1) is 18.2 Å². The molecule has 0 aromatic carbocycles. The van der Waals surface area contributed by atoms with E-state index >= 15 is 0 Å². The zero-order valence-electron chi connectivity index (χ0n) is 6.33. The fourth-order valence-corrected chi connectivity index (χ4v) is 0.764. The van der Waals surface area contributed by atoms with Crippen LogP contribution < -0.4 is 5.49 Å². The summed E-state index contributed by atoms with van der Waals surface area (Å²) in [5.74, 6) is 0. The molecule has 2 N–H and O–H groups in total. The fourth-order valence-electron chi connectivity index (χ4n) is 0.764. The number of aryl methyl sites for hydroxylation is 1. The van der Waals surface area contributed by atoms with E-state index < -0.39 is 0 Å². The quantitative estimate of drug-likeness (QED) is 0.464. The van der Waals surface area contributed by atoms with Crippen LogP contribution in [-0.2, 0) is 6.42 Å². The molecule has 0 saturated carbocycles. The van der Waals surface area contributed by atoms with Crippen LogP contribution in [0.2, 0.25) is 0 Å². The van der Waals surface area contributed by atoms with Crippen LogP contribution in [-0.4, -0.2) is 15.9 Å². The second-order valence-corrected chi connectivity index (χ2v) is 2.15. The molecule has 0 spiro atoms. The van der Waals surface area contributed by atoms with E-state index in [9.17, 15) is 0 Å². The second kappa shape index (κ2) is 3.09. The number of hydrogen-bond donors (Lipinski definition) is 2.